The highest BCUT2D eigenvalue weighted by atomic mass is 32.2. The molecule has 0 N–H and O–H groups in total. The van der Waals surface area contributed by atoms with Gasteiger partial charge in [0.25, 0.3) is 0 Å². The molecule has 0 spiro atoms. The number of benzene rings is 1. The van der Waals surface area contributed by atoms with Gasteiger partial charge in [-0.15, -0.1) is 0 Å². The molecule has 0 aliphatic heterocycles. The number of hydrogen-bond acceptors (Lipinski definition) is 6. The number of nitrogens with zero attached hydrogens (tertiary/aromatic N) is 2. The molecular weight excluding hydrogens is 320 g/mol. The van der Waals surface area contributed by atoms with Gasteiger partial charge in [0.15, 0.2) is 15.3 Å². The Bertz CT molecular complexity index is 963. The van der Waals surface area contributed by atoms with Crippen LogP contribution in [0.4, 0.5) is 0 Å². The van der Waals surface area contributed by atoms with Crippen LogP contribution in [0.25, 0.3) is 5.69 Å². The van der Waals surface area contributed by atoms with Crippen LogP contribution in [-0.2, 0) is 14.6 Å². The first-order valence-electron chi connectivity index (χ1n) is 6.33. The van der Waals surface area contributed by atoms with Crippen LogP contribution in [-0.4, -0.2) is 32.3 Å². The maximum atomic E-state index is 12.0. The molecule has 1 aromatic carbocycles. The number of sulfone groups is 1. The van der Waals surface area contributed by atoms with Gasteiger partial charge in [-0.2, -0.15) is 5.26 Å². The van der Waals surface area contributed by atoms with E-state index in [2.05, 4.69) is 4.74 Å². The van der Waals surface area contributed by atoms with Gasteiger partial charge in [-0.3, -0.25) is 4.79 Å². The molecule has 0 saturated heterocycles. The minimum Gasteiger partial charge on any atom is -0.465 e. The summed E-state index contributed by atoms with van der Waals surface area (Å²) in [4.78, 5) is 22.8. The molecule has 2 rings (SSSR count). The SMILES string of the molecule is COC(=O)c1cc(S(C)(=O)=O)c(-n2ccc(=O)cc2)cc1C#N. The van der Waals surface area contributed by atoms with Gasteiger partial charge in [0.2, 0.25) is 0 Å². The fourth-order valence-corrected chi connectivity index (χ4v) is 2.89. The van der Waals surface area contributed by atoms with Gasteiger partial charge in [-0.1, -0.05) is 0 Å². The van der Waals surface area contributed by atoms with Crippen molar-refractivity contribution in [2.75, 3.05) is 13.4 Å². The highest BCUT2D eigenvalue weighted by molar-refractivity contribution is 7.90. The van der Waals surface area contributed by atoms with Crippen molar-refractivity contribution in [1.82, 2.24) is 4.57 Å². The summed E-state index contributed by atoms with van der Waals surface area (Å²) in [5.41, 5.74) is -0.247. The summed E-state index contributed by atoms with van der Waals surface area (Å²) in [6.07, 6.45) is 3.75. The van der Waals surface area contributed by atoms with Crippen LogP contribution < -0.4 is 5.43 Å². The van der Waals surface area contributed by atoms with Crippen molar-refractivity contribution in [1.29, 1.82) is 5.26 Å². The van der Waals surface area contributed by atoms with Crippen molar-refractivity contribution in [3.05, 3.63) is 58.0 Å². The smallest absolute Gasteiger partial charge is 0.339 e. The third-order valence-electron chi connectivity index (χ3n) is 3.10. The molecular formula is C15H12N2O5S. The molecule has 7 nitrogen and oxygen atoms in total. The second-order valence-electron chi connectivity index (χ2n) is 4.68. The van der Waals surface area contributed by atoms with Gasteiger partial charge >= 0.3 is 5.97 Å². The van der Waals surface area contributed by atoms with E-state index in [-0.39, 0.29) is 27.1 Å². The highest BCUT2D eigenvalue weighted by Crippen LogP contribution is 2.25. The van der Waals surface area contributed by atoms with Gasteiger partial charge in [-0.05, 0) is 12.1 Å². The van der Waals surface area contributed by atoms with Gasteiger partial charge in [0, 0.05) is 30.8 Å². The first-order valence-corrected chi connectivity index (χ1v) is 8.22. The molecule has 0 fully saturated rings. The molecule has 0 unspecified atom stereocenters. The van der Waals surface area contributed by atoms with Crippen molar-refractivity contribution < 1.29 is 17.9 Å². The lowest BCUT2D eigenvalue weighted by molar-refractivity contribution is 0.0600. The summed E-state index contributed by atoms with van der Waals surface area (Å²) in [5.74, 6) is -0.807. The van der Waals surface area contributed by atoms with Gasteiger partial charge in [0.1, 0.15) is 6.07 Å². The van der Waals surface area contributed by atoms with Crippen LogP contribution in [0.15, 0.2) is 46.3 Å². The van der Waals surface area contributed by atoms with E-state index in [0.717, 1.165) is 19.4 Å². The minimum atomic E-state index is -3.70. The Hall–Kier alpha value is -2.92. The third-order valence-corrected chi connectivity index (χ3v) is 4.23. The Balaban J connectivity index is 2.86. The zero-order valence-electron chi connectivity index (χ0n) is 12.3. The van der Waals surface area contributed by atoms with Crippen molar-refractivity contribution in [3.8, 4) is 11.8 Å². The molecule has 0 amide bonds. The maximum absolute atomic E-state index is 12.0. The van der Waals surface area contributed by atoms with Crippen molar-refractivity contribution in [2.24, 2.45) is 0 Å². The Kier molecular flexibility index (Phi) is 4.33. The predicted octanol–water partition coefficient (Wildman–Crippen LogP) is 0.899. The zero-order valence-corrected chi connectivity index (χ0v) is 13.1. The summed E-state index contributed by atoms with van der Waals surface area (Å²) in [6.45, 7) is 0. The average molecular weight is 332 g/mol. The van der Waals surface area contributed by atoms with E-state index in [0.29, 0.717) is 0 Å². The molecule has 0 bridgehead atoms. The molecule has 0 radical (unpaired) electrons. The van der Waals surface area contributed by atoms with Crippen LogP contribution >= 0.6 is 0 Å². The fraction of sp³-hybridized carbons (Fsp3) is 0.133. The van der Waals surface area contributed by atoms with E-state index in [1.165, 1.54) is 35.2 Å². The van der Waals surface area contributed by atoms with Crippen molar-refractivity contribution in [2.45, 2.75) is 4.90 Å². The Morgan fingerprint density at radius 1 is 1.26 bits per heavy atom. The zero-order chi connectivity index (χ0) is 17.2. The Morgan fingerprint density at radius 2 is 1.87 bits per heavy atom. The summed E-state index contributed by atoms with van der Waals surface area (Å²) in [5, 5.41) is 9.21. The largest absolute Gasteiger partial charge is 0.465 e. The number of nitriles is 1. The summed E-state index contributed by atoms with van der Waals surface area (Å²) >= 11 is 0. The molecule has 1 aromatic heterocycles. The maximum Gasteiger partial charge on any atom is 0.339 e. The second kappa shape index (κ2) is 6.06. The first-order chi connectivity index (χ1) is 10.8. The number of esters is 1. The molecule has 23 heavy (non-hydrogen) atoms. The number of hydrogen-bond donors (Lipinski definition) is 0. The molecule has 2 aromatic rings. The van der Waals surface area contributed by atoms with Crippen molar-refractivity contribution in [3.63, 3.8) is 0 Å². The predicted molar refractivity (Wildman–Crippen MR) is 81.2 cm³/mol. The van der Waals surface area contributed by atoms with E-state index in [1.54, 1.807) is 0 Å². The first kappa shape index (κ1) is 16.5. The number of carbonyl (C=O) groups excluding carboxylic acids is 1. The Labute approximate surface area is 132 Å². The van der Waals surface area contributed by atoms with Gasteiger partial charge in [-0.25, -0.2) is 13.2 Å². The lowest BCUT2D eigenvalue weighted by atomic mass is 10.1. The van der Waals surface area contributed by atoms with E-state index < -0.39 is 15.8 Å². The Morgan fingerprint density at radius 3 is 2.35 bits per heavy atom. The second-order valence-corrected chi connectivity index (χ2v) is 6.67. The summed E-state index contributed by atoms with van der Waals surface area (Å²) in [7, 11) is -2.56. The average Bonchev–Trinajstić information content (AvgIpc) is 2.52. The monoisotopic (exact) mass is 332 g/mol. The topological polar surface area (TPSA) is 106 Å². The quantitative estimate of drug-likeness (QED) is 0.773. The van der Waals surface area contributed by atoms with E-state index in [4.69, 9.17) is 0 Å². The highest BCUT2D eigenvalue weighted by Gasteiger charge is 2.22. The molecule has 1 heterocycles. The minimum absolute atomic E-state index is 0.0297. The lowest BCUT2D eigenvalue weighted by Gasteiger charge is -2.13. The fourth-order valence-electron chi connectivity index (χ4n) is 2.01. The van der Waals surface area contributed by atoms with Crippen LogP contribution in [0.3, 0.4) is 0 Å². The number of rotatable bonds is 3. The van der Waals surface area contributed by atoms with Gasteiger partial charge in [0.05, 0.1) is 28.8 Å². The van der Waals surface area contributed by atoms with Crippen LogP contribution in [0.1, 0.15) is 15.9 Å². The van der Waals surface area contributed by atoms with Crippen LogP contribution in [0.5, 0.6) is 0 Å². The van der Waals surface area contributed by atoms with Crippen molar-refractivity contribution >= 4 is 15.8 Å². The molecule has 118 valence electrons. The summed E-state index contributed by atoms with van der Waals surface area (Å²) < 4.78 is 30.1. The molecule has 8 heteroatoms. The van der Waals surface area contributed by atoms with E-state index >= 15 is 0 Å². The molecule has 0 saturated carbocycles. The third kappa shape index (κ3) is 3.30. The number of aromatic nitrogens is 1. The van der Waals surface area contributed by atoms with E-state index in [9.17, 15) is 23.3 Å². The number of pyridine rings is 1. The molecule has 0 aliphatic rings. The van der Waals surface area contributed by atoms with Crippen LogP contribution in [0, 0.1) is 11.3 Å². The summed E-state index contributed by atoms with van der Waals surface area (Å²) in [6, 6.07) is 6.73. The standard InChI is InChI=1S/C15H12N2O5S/c1-22-15(19)12-8-14(23(2,20)21)13(7-10(12)9-16)17-5-3-11(18)4-6-17/h3-8H,1-2H3. The van der Waals surface area contributed by atoms with E-state index in [1.807, 2.05) is 6.07 Å². The normalized spacial score (nSPS) is 10.8. The van der Waals surface area contributed by atoms with Gasteiger partial charge < -0.3 is 9.30 Å². The van der Waals surface area contributed by atoms with Crippen LogP contribution in [0.2, 0.25) is 0 Å². The number of carbonyl (C=O) groups is 1. The molecule has 0 atom stereocenters. The molecule has 0 aliphatic carbocycles. The number of methoxy groups -OCH3 is 1. The lowest BCUT2D eigenvalue weighted by Crippen LogP contribution is -2.12. The number of ether oxygens (including phenoxy) is 1.